The molecule has 4 N–H and O–H groups in total. The van der Waals surface area contributed by atoms with Crippen LogP contribution in [0.15, 0.2) is 24.3 Å². The van der Waals surface area contributed by atoms with E-state index < -0.39 is 11.8 Å². The SMILES string of the molecule is CCCCCOc1ccc(NC(=O)C(=O)NN)cc1. The number of carbonyl (C=O) groups excluding carboxylic acids is 2. The van der Waals surface area contributed by atoms with Crippen LogP contribution in [0.25, 0.3) is 0 Å². The second-order valence-corrected chi connectivity index (χ2v) is 4.01. The highest BCUT2D eigenvalue weighted by Gasteiger charge is 2.11. The fourth-order valence-electron chi connectivity index (χ4n) is 1.43. The molecule has 2 amide bonds. The molecule has 6 heteroatoms. The predicted molar refractivity (Wildman–Crippen MR) is 72.4 cm³/mol. The van der Waals surface area contributed by atoms with Crippen molar-refractivity contribution in [2.75, 3.05) is 11.9 Å². The lowest BCUT2D eigenvalue weighted by molar-refractivity contribution is -0.136. The average molecular weight is 265 g/mol. The van der Waals surface area contributed by atoms with E-state index in [1.54, 1.807) is 29.7 Å². The molecule has 0 aliphatic carbocycles. The van der Waals surface area contributed by atoms with Gasteiger partial charge >= 0.3 is 11.8 Å². The molecule has 0 radical (unpaired) electrons. The topological polar surface area (TPSA) is 93.4 Å². The number of nitrogens with one attached hydrogen (secondary N) is 2. The van der Waals surface area contributed by atoms with Gasteiger partial charge in [0.25, 0.3) is 0 Å². The normalized spacial score (nSPS) is 9.79. The van der Waals surface area contributed by atoms with E-state index >= 15 is 0 Å². The number of anilines is 1. The molecule has 6 nitrogen and oxygen atoms in total. The number of rotatable bonds is 6. The number of ether oxygens (including phenoxy) is 1. The van der Waals surface area contributed by atoms with Gasteiger partial charge in [-0.15, -0.1) is 0 Å². The minimum Gasteiger partial charge on any atom is -0.494 e. The molecule has 0 saturated heterocycles. The van der Waals surface area contributed by atoms with E-state index in [0.29, 0.717) is 12.3 Å². The molecule has 0 aliphatic rings. The van der Waals surface area contributed by atoms with Crippen molar-refractivity contribution in [1.82, 2.24) is 5.43 Å². The number of hydrogen-bond acceptors (Lipinski definition) is 4. The van der Waals surface area contributed by atoms with Crippen LogP contribution in [0.5, 0.6) is 5.75 Å². The van der Waals surface area contributed by atoms with Gasteiger partial charge in [0.15, 0.2) is 0 Å². The number of hydrazine groups is 1. The van der Waals surface area contributed by atoms with Gasteiger partial charge in [-0.05, 0) is 30.7 Å². The largest absolute Gasteiger partial charge is 0.494 e. The molecule has 1 aromatic rings. The first-order valence-corrected chi connectivity index (χ1v) is 6.22. The molecule has 0 bridgehead atoms. The summed E-state index contributed by atoms with van der Waals surface area (Å²) in [4.78, 5) is 22.2. The molecule has 1 rings (SSSR count). The number of unbranched alkanes of at least 4 members (excludes halogenated alkanes) is 2. The number of nitrogens with two attached hydrogens (primary N) is 1. The minimum atomic E-state index is -0.889. The molecule has 1 aromatic carbocycles. The Morgan fingerprint density at radius 3 is 2.42 bits per heavy atom. The summed E-state index contributed by atoms with van der Waals surface area (Å²) in [6, 6.07) is 6.80. The molecule has 0 unspecified atom stereocenters. The Kier molecular flexibility index (Phi) is 6.38. The second-order valence-electron chi connectivity index (χ2n) is 4.01. The van der Waals surface area contributed by atoms with E-state index in [2.05, 4.69) is 12.2 Å². The van der Waals surface area contributed by atoms with Gasteiger partial charge in [0.2, 0.25) is 0 Å². The number of benzene rings is 1. The standard InChI is InChI=1S/C13H19N3O3/c1-2-3-4-9-19-11-7-5-10(6-8-11)15-12(17)13(18)16-14/h5-8H,2-4,9,14H2,1H3,(H,15,17)(H,16,18). The van der Waals surface area contributed by atoms with Crippen molar-refractivity contribution in [1.29, 1.82) is 0 Å². The highest BCUT2D eigenvalue weighted by molar-refractivity contribution is 6.39. The fraction of sp³-hybridized carbons (Fsp3) is 0.385. The molecule has 0 heterocycles. The van der Waals surface area contributed by atoms with Gasteiger partial charge in [0.05, 0.1) is 6.61 Å². The van der Waals surface area contributed by atoms with Crippen LogP contribution >= 0.6 is 0 Å². The third kappa shape index (κ3) is 5.39. The monoisotopic (exact) mass is 265 g/mol. The first-order chi connectivity index (χ1) is 9.17. The van der Waals surface area contributed by atoms with Crippen molar-refractivity contribution in [2.45, 2.75) is 26.2 Å². The van der Waals surface area contributed by atoms with Crippen molar-refractivity contribution in [2.24, 2.45) is 5.84 Å². The van der Waals surface area contributed by atoms with Gasteiger partial charge in [-0.2, -0.15) is 0 Å². The average Bonchev–Trinajstić information content (AvgIpc) is 2.44. The number of hydrogen-bond donors (Lipinski definition) is 3. The zero-order valence-corrected chi connectivity index (χ0v) is 10.9. The van der Waals surface area contributed by atoms with E-state index in [9.17, 15) is 9.59 Å². The molecule has 0 saturated carbocycles. The van der Waals surface area contributed by atoms with Gasteiger partial charge in [0, 0.05) is 5.69 Å². The summed E-state index contributed by atoms with van der Waals surface area (Å²) in [5.41, 5.74) is 2.27. The molecule has 0 fully saturated rings. The zero-order chi connectivity index (χ0) is 14.1. The van der Waals surface area contributed by atoms with Crippen LogP contribution < -0.4 is 21.3 Å². The molecular weight excluding hydrogens is 246 g/mol. The van der Waals surface area contributed by atoms with Crippen LogP contribution in [0.4, 0.5) is 5.69 Å². The maximum atomic E-state index is 11.2. The summed E-state index contributed by atoms with van der Waals surface area (Å²) < 4.78 is 5.52. The van der Waals surface area contributed by atoms with Crippen LogP contribution in [-0.2, 0) is 9.59 Å². The molecule has 0 aliphatic heterocycles. The van der Waals surface area contributed by atoms with Crippen LogP contribution in [-0.4, -0.2) is 18.4 Å². The third-order valence-electron chi connectivity index (χ3n) is 2.47. The van der Waals surface area contributed by atoms with Crippen molar-refractivity contribution in [3.63, 3.8) is 0 Å². The van der Waals surface area contributed by atoms with E-state index in [0.717, 1.165) is 25.0 Å². The molecular formula is C13H19N3O3. The molecule has 19 heavy (non-hydrogen) atoms. The molecule has 0 aromatic heterocycles. The molecule has 104 valence electrons. The highest BCUT2D eigenvalue weighted by atomic mass is 16.5. The van der Waals surface area contributed by atoms with E-state index in [1.807, 2.05) is 0 Å². The lowest BCUT2D eigenvalue weighted by Gasteiger charge is -2.07. The first-order valence-electron chi connectivity index (χ1n) is 6.22. The van der Waals surface area contributed by atoms with Crippen molar-refractivity contribution in [3.05, 3.63) is 24.3 Å². The third-order valence-corrected chi connectivity index (χ3v) is 2.47. The summed E-state index contributed by atoms with van der Waals surface area (Å²) in [5, 5.41) is 2.41. The van der Waals surface area contributed by atoms with Crippen LogP contribution in [0.2, 0.25) is 0 Å². The Morgan fingerprint density at radius 1 is 1.16 bits per heavy atom. The van der Waals surface area contributed by atoms with Crippen molar-refractivity contribution < 1.29 is 14.3 Å². The Bertz CT molecular complexity index is 418. The van der Waals surface area contributed by atoms with Crippen molar-refractivity contribution >= 4 is 17.5 Å². The lowest BCUT2D eigenvalue weighted by Crippen LogP contribution is -2.39. The van der Waals surface area contributed by atoms with Crippen LogP contribution in [0, 0.1) is 0 Å². The van der Waals surface area contributed by atoms with Crippen molar-refractivity contribution in [3.8, 4) is 5.75 Å². The smallest absolute Gasteiger partial charge is 0.323 e. The van der Waals surface area contributed by atoms with Gasteiger partial charge in [0.1, 0.15) is 5.75 Å². The van der Waals surface area contributed by atoms with Crippen LogP contribution in [0.1, 0.15) is 26.2 Å². The maximum Gasteiger partial charge on any atom is 0.323 e. The van der Waals surface area contributed by atoms with Gasteiger partial charge < -0.3 is 10.1 Å². The Labute approximate surface area is 112 Å². The Hall–Kier alpha value is -2.08. The highest BCUT2D eigenvalue weighted by Crippen LogP contribution is 2.16. The number of carbonyl (C=O) groups is 2. The van der Waals surface area contributed by atoms with E-state index in [-0.39, 0.29) is 0 Å². The zero-order valence-electron chi connectivity index (χ0n) is 10.9. The molecule has 0 spiro atoms. The van der Waals surface area contributed by atoms with E-state index in [4.69, 9.17) is 10.6 Å². The van der Waals surface area contributed by atoms with Gasteiger partial charge in [-0.25, -0.2) is 5.84 Å². The summed E-state index contributed by atoms with van der Waals surface area (Å²) >= 11 is 0. The fourth-order valence-corrected chi connectivity index (χ4v) is 1.43. The lowest BCUT2D eigenvalue weighted by atomic mass is 10.2. The minimum absolute atomic E-state index is 0.509. The Morgan fingerprint density at radius 2 is 1.84 bits per heavy atom. The van der Waals surface area contributed by atoms with Gasteiger partial charge in [-0.3, -0.25) is 15.0 Å². The van der Waals surface area contributed by atoms with Crippen LogP contribution in [0.3, 0.4) is 0 Å². The first kappa shape index (κ1) is 15.0. The maximum absolute atomic E-state index is 11.2. The Balaban J connectivity index is 2.43. The quantitative estimate of drug-likeness (QED) is 0.237. The summed E-state index contributed by atoms with van der Waals surface area (Å²) in [7, 11) is 0. The summed E-state index contributed by atoms with van der Waals surface area (Å²) in [6.45, 7) is 2.81. The second kappa shape index (κ2) is 8.10. The summed E-state index contributed by atoms with van der Waals surface area (Å²) in [6.07, 6.45) is 3.31. The predicted octanol–water partition coefficient (Wildman–Crippen LogP) is 1.18. The number of amides is 2. The molecule has 0 atom stereocenters. The summed E-state index contributed by atoms with van der Waals surface area (Å²) in [5.74, 6) is 3.89. The van der Waals surface area contributed by atoms with Gasteiger partial charge in [-0.1, -0.05) is 19.8 Å². The van der Waals surface area contributed by atoms with E-state index in [1.165, 1.54) is 0 Å².